The lowest BCUT2D eigenvalue weighted by Crippen LogP contribution is -2.48. The minimum absolute atomic E-state index is 0.0752. The highest BCUT2D eigenvalue weighted by Crippen LogP contribution is 2.38. The second-order valence-electron chi connectivity index (χ2n) is 9.74. The highest BCUT2D eigenvalue weighted by Gasteiger charge is 2.40. The Bertz CT molecular complexity index is 1080. The standard InChI is InChI=1S/C27H31Cl3N2O3/c1-19-15-21(6-8-22(19)28)35-18-27(17-25(33)31-11-3-2-4-12-31)9-13-32(14-10-27)26(34)20-5-7-23(29)24(30)16-20/h5-8,15-16H,2-4,9-14,17-18H2,1H3. The summed E-state index contributed by atoms with van der Waals surface area (Å²) in [5.41, 5.74) is 1.13. The first kappa shape index (κ1) is 26.1. The number of amides is 2. The number of nitrogens with zero attached hydrogens (tertiary/aromatic N) is 2. The van der Waals surface area contributed by atoms with Gasteiger partial charge in [-0.2, -0.15) is 0 Å². The summed E-state index contributed by atoms with van der Waals surface area (Å²) >= 11 is 18.3. The third-order valence-corrected chi connectivity index (χ3v) is 8.35. The minimum atomic E-state index is -0.337. The summed E-state index contributed by atoms with van der Waals surface area (Å²) in [5.74, 6) is 0.852. The van der Waals surface area contributed by atoms with Gasteiger partial charge in [-0.25, -0.2) is 0 Å². The van der Waals surface area contributed by atoms with Crippen LogP contribution in [-0.4, -0.2) is 54.4 Å². The summed E-state index contributed by atoms with van der Waals surface area (Å²) < 4.78 is 6.22. The number of rotatable bonds is 6. The smallest absolute Gasteiger partial charge is 0.253 e. The van der Waals surface area contributed by atoms with E-state index in [1.807, 2.05) is 34.9 Å². The number of benzene rings is 2. The molecule has 4 rings (SSSR count). The molecule has 188 valence electrons. The fraction of sp³-hybridized carbons (Fsp3) is 0.481. The molecule has 2 saturated heterocycles. The van der Waals surface area contributed by atoms with Crippen LogP contribution in [0.1, 0.15) is 54.4 Å². The number of hydrogen-bond acceptors (Lipinski definition) is 3. The number of carbonyl (C=O) groups is 2. The number of likely N-dealkylation sites (tertiary alicyclic amines) is 2. The van der Waals surface area contributed by atoms with Crippen LogP contribution in [0.25, 0.3) is 0 Å². The van der Waals surface area contributed by atoms with Gasteiger partial charge in [0, 0.05) is 48.6 Å². The lowest BCUT2D eigenvalue weighted by molar-refractivity contribution is -0.136. The van der Waals surface area contributed by atoms with Crippen LogP contribution in [0, 0.1) is 12.3 Å². The van der Waals surface area contributed by atoms with E-state index in [1.54, 1.807) is 18.2 Å². The van der Waals surface area contributed by atoms with Crippen molar-refractivity contribution in [3.8, 4) is 5.75 Å². The van der Waals surface area contributed by atoms with Gasteiger partial charge in [-0.05, 0) is 81.0 Å². The van der Waals surface area contributed by atoms with Gasteiger partial charge in [0.05, 0.1) is 16.7 Å². The van der Waals surface area contributed by atoms with Gasteiger partial charge in [-0.1, -0.05) is 34.8 Å². The van der Waals surface area contributed by atoms with Crippen molar-refractivity contribution in [1.29, 1.82) is 0 Å². The second kappa shape index (κ2) is 11.4. The van der Waals surface area contributed by atoms with Gasteiger partial charge in [-0.15, -0.1) is 0 Å². The molecule has 2 aromatic rings. The Kier molecular flexibility index (Phi) is 8.51. The van der Waals surface area contributed by atoms with Crippen LogP contribution >= 0.6 is 34.8 Å². The van der Waals surface area contributed by atoms with Gasteiger partial charge in [-0.3, -0.25) is 9.59 Å². The molecule has 0 saturated carbocycles. The van der Waals surface area contributed by atoms with Crippen molar-refractivity contribution in [3.63, 3.8) is 0 Å². The summed E-state index contributed by atoms with van der Waals surface area (Å²) in [6.07, 6.45) is 5.10. The molecule has 2 aliphatic rings. The molecule has 0 radical (unpaired) electrons. The monoisotopic (exact) mass is 536 g/mol. The van der Waals surface area contributed by atoms with Gasteiger partial charge < -0.3 is 14.5 Å². The lowest BCUT2D eigenvalue weighted by Gasteiger charge is -2.42. The molecule has 5 nitrogen and oxygen atoms in total. The first-order chi connectivity index (χ1) is 16.8. The van der Waals surface area contributed by atoms with Crippen LogP contribution in [0.15, 0.2) is 36.4 Å². The molecule has 0 atom stereocenters. The normalized spacial score (nSPS) is 17.8. The Morgan fingerprint density at radius 1 is 0.857 bits per heavy atom. The number of hydrogen-bond donors (Lipinski definition) is 0. The predicted octanol–water partition coefficient (Wildman–Crippen LogP) is 6.66. The highest BCUT2D eigenvalue weighted by atomic mass is 35.5. The Balaban J connectivity index is 1.47. The third-order valence-electron chi connectivity index (χ3n) is 7.19. The Morgan fingerprint density at radius 2 is 1.54 bits per heavy atom. The van der Waals surface area contributed by atoms with E-state index in [9.17, 15) is 9.59 Å². The SMILES string of the molecule is Cc1cc(OCC2(CC(=O)N3CCCCC3)CCN(C(=O)c3ccc(Cl)c(Cl)c3)CC2)ccc1Cl. The van der Waals surface area contributed by atoms with Crippen LogP contribution in [0.5, 0.6) is 5.75 Å². The molecule has 0 unspecified atom stereocenters. The number of ether oxygens (including phenoxy) is 1. The molecule has 35 heavy (non-hydrogen) atoms. The van der Waals surface area contributed by atoms with E-state index >= 15 is 0 Å². The minimum Gasteiger partial charge on any atom is -0.493 e. The molecule has 2 aromatic carbocycles. The third kappa shape index (κ3) is 6.44. The molecule has 2 aliphatic heterocycles. The van der Waals surface area contributed by atoms with Gasteiger partial charge >= 0.3 is 0 Å². The second-order valence-corrected chi connectivity index (χ2v) is 11.0. The van der Waals surface area contributed by atoms with Crippen molar-refractivity contribution in [1.82, 2.24) is 9.80 Å². The number of piperidine rings is 2. The molecule has 0 aromatic heterocycles. The van der Waals surface area contributed by atoms with Crippen LogP contribution in [0.4, 0.5) is 0 Å². The van der Waals surface area contributed by atoms with E-state index in [4.69, 9.17) is 39.5 Å². The van der Waals surface area contributed by atoms with Crippen LogP contribution < -0.4 is 4.74 Å². The summed E-state index contributed by atoms with van der Waals surface area (Å²) in [4.78, 5) is 30.2. The van der Waals surface area contributed by atoms with E-state index < -0.39 is 0 Å². The molecule has 2 heterocycles. The Morgan fingerprint density at radius 3 is 2.20 bits per heavy atom. The maximum atomic E-state index is 13.2. The highest BCUT2D eigenvalue weighted by molar-refractivity contribution is 6.42. The average Bonchev–Trinajstić information content (AvgIpc) is 2.87. The van der Waals surface area contributed by atoms with E-state index in [-0.39, 0.29) is 17.2 Å². The van der Waals surface area contributed by atoms with Crippen LogP contribution in [0.3, 0.4) is 0 Å². The Labute approximate surface area is 222 Å². The first-order valence-electron chi connectivity index (χ1n) is 12.2. The van der Waals surface area contributed by atoms with Crippen LogP contribution in [-0.2, 0) is 4.79 Å². The summed E-state index contributed by atoms with van der Waals surface area (Å²) in [6, 6.07) is 10.6. The molecule has 0 aliphatic carbocycles. The molecule has 0 bridgehead atoms. The van der Waals surface area contributed by atoms with E-state index in [2.05, 4.69) is 0 Å². The van der Waals surface area contributed by atoms with Gasteiger partial charge in [0.15, 0.2) is 0 Å². The maximum Gasteiger partial charge on any atom is 0.253 e. The van der Waals surface area contributed by atoms with E-state index in [1.165, 1.54) is 6.42 Å². The fourth-order valence-corrected chi connectivity index (χ4v) is 5.30. The topological polar surface area (TPSA) is 49.9 Å². The predicted molar refractivity (Wildman–Crippen MR) is 141 cm³/mol. The van der Waals surface area contributed by atoms with Crippen molar-refractivity contribution in [2.75, 3.05) is 32.8 Å². The van der Waals surface area contributed by atoms with E-state index in [0.29, 0.717) is 59.6 Å². The number of halogens is 3. The molecule has 0 N–H and O–H groups in total. The molecule has 2 amide bonds. The van der Waals surface area contributed by atoms with Crippen molar-refractivity contribution in [3.05, 3.63) is 62.6 Å². The summed E-state index contributed by atoms with van der Waals surface area (Å²) in [5, 5.41) is 1.48. The zero-order valence-electron chi connectivity index (χ0n) is 20.0. The van der Waals surface area contributed by atoms with Crippen molar-refractivity contribution in [2.45, 2.75) is 45.4 Å². The quantitative estimate of drug-likeness (QED) is 0.414. The lowest BCUT2D eigenvalue weighted by atomic mass is 9.75. The summed E-state index contributed by atoms with van der Waals surface area (Å²) in [6.45, 7) is 5.12. The average molecular weight is 538 g/mol. The van der Waals surface area contributed by atoms with Crippen molar-refractivity contribution < 1.29 is 14.3 Å². The molecular formula is C27H31Cl3N2O3. The Hall–Kier alpha value is -1.95. The summed E-state index contributed by atoms with van der Waals surface area (Å²) in [7, 11) is 0. The number of aryl methyl sites for hydroxylation is 1. The van der Waals surface area contributed by atoms with Crippen molar-refractivity contribution >= 4 is 46.6 Å². The number of carbonyl (C=O) groups excluding carboxylic acids is 2. The molecule has 0 spiro atoms. The zero-order chi connectivity index (χ0) is 25.0. The van der Waals surface area contributed by atoms with Gasteiger partial charge in [0.1, 0.15) is 5.75 Å². The fourth-order valence-electron chi connectivity index (χ4n) is 4.89. The maximum absolute atomic E-state index is 13.2. The van der Waals surface area contributed by atoms with Gasteiger partial charge in [0.2, 0.25) is 5.91 Å². The molecular weight excluding hydrogens is 507 g/mol. The van der Waals surface area contributed by atoms with Gasteiger partial charge in [0.25, 0.3) is 5.91 Å². The van der Waals surface area contributed by atoms with Crippen molar-refractivity contribution in [2.24, 2.45) is 5.41 Å². The molecule has 8 heteroatoms. The first-order valence-corrected chi connectivity index (χ1v) is 13.3. The molecule has 2 fully saturated rings. The van der Waals surface area contributed by atoms with Crippen LogP contribution in [0.2, 0.25) is 15.1 Å². The zero-order valence-corrected chi connectivity index (χ0v) is 22.3. The van der Waals surface area contributed by atoms with E-state index in [0.717, 1.165) is 37.2 Å². The largest absolute Gasteiger partial charge is 0.493 e.